The van der Waals surface area contributed by atoms with Crippen molar-refractivity contribution in [1.29, 1.82) is 0 Å². The molecule has 0 aromatic heterocycles. The topological polar surface area (TPSA) is 150 Å². The molecule has 0 radical (unpaired) electrons. The lowest BCUT2D eigenvalue weighted by molar-refractivity contribution is -0.309. The van der Waals surface area contributed by atoms with E-state index in [4.69, 9.17) is 33.2 Å². The predicted octanol–water partition coefficient (Wildman–Crippen LogP) is 7.64. The van der Waals surface area contributed by atoms with Crippen LogP contribution < -0.4 is 4.74 Å². The van der Waals surface area contributed by atoms with Crippen LogP contribution in [0.15, 0.2) is 133 Å². The van der Waals surface area contributed by atoms with E-state index >= 15 is 0 Å². The zero-order valence-corrected chi connectivity index (χ0v) is 33.7. The molecule has 5 aromatic rings. The molecular formula is C48H46O12. The maximum absolute atomic E-state index is 14.0. The monoisotopic (exact) mass is 814 g/mol. The van der Waals surface area contributed by atoms with E-state index in [9.17, 15) is 24.0 Å². The average molecular weight is 815 g/mol. The molecule has 0 bridgehead atoms. The van der Waals surface area contributed by atoms with Crippen molar-refractivity contribution in [3.05, 3.63) is 172 Å². The molecule has 0 spiro atoms. The van der Waals surface area contributed by atoms with Gasteiger partial charge in [0.2, 0.25) is 12.4 Å². The molecule has 12 heteroatoms. The van der Waals surface area contributed by atoms with Gasteiger partial charge in [-0.05, 0) is 78.1 Å². The summed E-state index contributed by atoms with van der Waals surface area (Å²) in [6.45, 7) is 5.39. The molecule has 60 heavy (non-hydrogen) atoms. The van der Waals surface area contributed by atoms with Gasteiger partial charge in [-0.15, -0.1) is 0 Å². The summed E-state index contributed by atoms with van der Waals surface area (Å²) in [4.78, 5) is 66.0. The highest BCUT2D eigenvalue weighted by atomic mass is 16.7. The van der Waals surface area contributed by atoms with Gasteiger partial charge in [-0.25, -0.2) is 14.4 Å². The Kier molecular flexibility index (Phi) is 14.1. The van der Waals surface area contributed by atoms with Gasteiger partial charge in [0.05, 0.1) is 16.7 Å². The van der Waals surface area contributed by atoms with Gasteiger partial charge in [0, 0.05) is 20.3 Å². The second kappa shape index (κ2) is 19.8. The largest absolute Gasteiger partial charge is 0.461 e. The van der Waals surface area contributed by atoms with Crippen LogP contribution in [0.25, 0.3) is 0 Å². The van der Waals surface area contributed by atoms with Gasteiger partial charge in [0.25, 0.3) is 0 Å². The summed E-state index contributed by atoms with van der Waals surface area (Å²) in [5.41, 5.74) is 2.00. The highest BCUT2D eigenvalue weighted by Gasteiger charge is 2.61. The number of esters is 5. The Balaban J connectivity index is 1.47. The molecule has 5 atom stereocenters. The summed E-state index contributed by atoms with van der Waals surface area (Å²) in [5.74, 6) is -3.37. The van der Waals surface area contributed by atoms with Crippen LogP contribution in [-0.4, -0.2) is 66.7 Å². The molecule has 12 nitrogen and oxygen atoms in total. The van der Waals surface area contributed by atoms with E-state index < -0.39 is 66.7 Å². The Bertz CT molecular complexity index is 2260. The molecule has 0 aliphatic carbocycles. The van der Waals surface area contributed by atoms with Crippen molar-refractivity contribution in [2.24, 2.45) is 0 Å². The van der Waals surface area contributed by atoms with Crippen LogP contribution in [0.5, 0.6) is 5.75 Å². The number of hydrogen-bond acceptors (Lipinski definition) is 12. The number of carbonyl (C=O) groups excluding carboxylic acids is 5. The highest BCUT2D eigenvalue weighted by Crippen LogP contribution is 2.40. The number of aryl methyl sites for hydroxylation is 1. The molecular weight excluding hydrogens is 769 g/mol. The fraction of sp³-hybridized carbons (Fsp3) is 0.271. The van der Waals surface area contributed by atoms with Crippen LogP contribution >= 0.6 is 0 Å². The van der Waals surface area contributed by atoms with Crippen LogP contribution in [0.4, 0.5) is 0 Å². The Morgan fingerprint density at radius 1 is 0.617 bits per heavy atom. The van der Waals surface area contributed by atoms with Gasteiger partial charge in [-0.1, -0.05) is 97.9 Å². The molecule has 5 aromatic carbocycles. The van der Waals surface area contributed by atoms with Crippen molar-refractivity contribution in [2.45, 2.75) is 77.3 Å². The van der Waals surface area contributed by atoms with Crippen LogP contribution in [0, 0.1) is 0 Å². The maximum atomic E-state index is 14.0. The average Bonchev–Trinajstić information content (AvgIpc) is 3.26. The fourth-order valence-electron chi connectivity index (χ4n) is 6.76. The first-order valence-electron chi connectivity index (χ1n) is 19.5. The first-order valence-corrected chi connectivity index (χ1v) is 19.5. The Hall–Kier alpha value is -6.79. The molecule has 1 aliphatic heterocycles. The van der Waals surface area contributed by atoms with Crippen molar-refractivity contribution in [3.8, 4) is 5.75 Å². The van der Waals surface area contributed by atoms with Gasteiger partial charge >= 0.3 is 29.8 Å². The van der Waals surface area contributed by atoms with Gasteiger partial charge in [0.15, 0.2) is 11.7 Å². The lowest BCUT2D eigenvalue weighted by atomic mass is 9.85. The van der Waals surface area contributed by atoms with Gasteiger partial charge < -0.3 is 33.2 Å². The van der Waals surface area contributed by atoms with Gasteiger partial charge in [0.1, 0.15) is 25.1 Å². The summed E-state index contributed by atoms with van der Waals surface area (Å²) in [5, 5.41) is 0. The van der Waals surface area contributed by atoms with Crippen LogP contribution in [0.1, 0.15) is 81.0 Å². The third-order valence-electron chi connectivity index (χ3n) is 9.95. The minimum atomic E-state index is -1.95. The summed E-state index contributed by atoms with van der Waals surface area (Å²) >= 11 is 0. The molecule has 0 unspecified atom stereocenters. The lowest BCUT2D eigenvalue weighted by Crippen LogP contribution is -2.70. The number of benzene rings is 5. The third kappa shape index (κ3) is 10.8. The van der Waals surface area contributed by atoms with Gasteiger partial charge in [-0.3, -0.25) is 9.59 Å². The molecule has 1 fully saturated rings. The smallest absolute Gasteiger partial charge is 0.338 e. The van der Waals surface area contributed by atoms with Crippen molar-refractivity contribution in [1.82, 2.24) is 0 Å². The Morgan fingerprint density at radius 2 is 1.15 bits per heavy atom. The zero-order chi connectivity index (χ0) is 42.6. The first-order chi connectivity index (χ1) is 28.9. The van der Waals surface area contributed by atoms with Crippen molar-refractivity contribution in [3.63, 3.8) is 0 Å². The maximum Gasteiger partial charge on any atom is 0.338 e. The summed E-state index contributed by atoms with van der Waals surface area (Å²) in [6, 6.07) is 37.9. The fourth-order valence-corrected chi connectivity index (χ4v) is 6.76. The summed E-state index contributed by atoms with van der Waals surface area (Å²) in [7, 11) is 0. The molecule has 1 heterocycles. The first kappa shape index (κ1) is 42.8. The molecule has 6 rings (SSSR count). The van der Waals surface area contributed by atoms with E-state index in [0.29, 0.717) is 17.5 Å². The lowest BCUT2D eigenvalue weighted by Gasteiger charge is -2.50. The molecule has 1 aliphatic rings. The molecule has 1 saturated heterocycles. The van der Waals surface area contributed by atoms with Crippen LogP contribution in [-0.2, 0) is 57.5 Å². The van der Waals surface area contributed by atoms with Crippen LogP contribution in [0.2, 0.25) is 0 Å². The number of ether oxygens (including phenoxy) is 7. The SMILES string of the molecule is CCc1ccc(Cc2ccc(COC(C)=O)cc2O[C@H]2O[C@H](COC(=O)c3ccccc3)[C@@](C)(OC(C)=O)[C@H](OC(=O)c3ccccc3)[C@H]2OC(=O)c2ccccc2)cc1. The predicted molar refractivity (Wildman–Crippen MR) is 218 cm³/mol. The van der Waals surface area contributed by atoms with E-state index in [2.05, 4.69) is 6.92 Å². The van der Waals surface area contributed by atoms with Crippen molar-refractivity contribution < 1.29 is 57.1 Å². The molecule has 0 saturated carbocycles. The number of rotatable bonds is 15. The molecule has 310 valence electrons. The van der Waals surface area contributed by atoms with E-state index in [-0.39, 0.29) is 29.0 Å². The number of carbonyl (C=O) groups is 5. The van der Waals surface area contributed by atoms with Crippen molar-refractivity contribution in [2.75, 3.05) is 6.61 Å². The third-order valence-corrected chi connectivity index (χ3v) is 9.95. The van der Waals surface area contributed by atoms with E-state index in [1.165, 1.54) is 26.0 Å². The Morgan fingerprint density at radius 3 is 1.70 bits per heavy atom. The van der Waals surface area contributed by atoms with E-state index in [1.54, 1.807) is 91.0 Å². The quantitative estimate of drug-likeness (QED) is 0.0755. The van der Waals surface area contributed by atoms with Gasteiger partial charge in [-0.2, -0.15) is 0 Å². The Labute approximate surface area is 348 Å². The summed E-state index contributed by atoms with van der Waals surface area (Å²) < 4.78 is 42.8. The minimum absolute atomic E-state index is 0.0744. The zero-order valence-electron chi connectivity index (χ0n) is 33.7. The second-order valence-electron chi connectivity index (χ2n) is 14.3. The second-order valence-corrected chi connectivity index (χ2v) is 14.3. The molecule has 0 amide bonds. The van der Waals surface area contributed by atoms with E-state index in [0.717, 1.165) is 24.5 Å². The number of hydrogen-bond donors (Lipinski definition) is 0. The normalized spacial score (nSPS) is 19.6. The standard InChI is InChI=1S/C48H46O12/c1-5-33-21-23-34(24-22-33)27-39-26-25-35(29-54-31(2)49)28-40(39)56-47-42(58-45(52)37-17-11-7-12-18-37)43(59-46(53)38-19-13-8-14-20-38)48(4,60-32(3)50)41(57-47)30-55-44(51)36-15-9-6-10-16-36/h6-26,28,41-43,47H,5,27,29-30H2,1-4H3/t41-,42-,43-,47+,48-/m1/s1. The highest BCUT2D eigenvalue weighted by molar-refractivity contribution is 5.91. The minimum Gasteiger partial charge on any atom is -0.461 e. The van der Waals surface area contributed by atoms with Crippen LogP contribution in [0.3, 0.4) is 0 Å². The van der Waals surface area contributed by atoms with Crippen molar-refractivity contribution >= 4 is 29.8 Å². The van der Waals surface area contributed by atoms with E-state index in [1.807, 2.05) is 30.3 Å². The molecule has 0 N–H and O–H groups in total. The summed E-state index contributed by atoms with van der Waals surface area (Å²) in [6.07, 6.45) is -4.91.